The monoisotopic (exact) mass is 334 g/mol. The van der Waals surface area contributed by atoms with Crippen molar-refractivity contribution in [2.45, 2.75) is 0 Å². The number of benzene rings is 1. The van der Waals surface area contributed by atoms with Crippen LogP contribution in [0.5, 0.6) is 0 Å². The van der Waals surface area contributed by atoms with E-state index in [-0.39, 0.29) is 17.0 Å². The number of anilines is 1. The summed E-state index contributed by atoms with van der Waals surface area (Å²) < 4.78 is 1.05. The van der Waals surface area contributed by atoms with E-state index in [0.29, 0.717) is 5.13 Å². The smallest absolute Gasteiger partial charge is 0.180 e. The summed E-state index contributed by atoms with van der Waals surface area (Å²) in [5.74, 6) is 0. The lowest BCUT2D eigenvalue weighted by Crippen LogP contribution is -1.82. The zero-order chi connectivity index (χ0) is 9.26. The Morgan fingerprint density at radius 1 is 1.36 bits per heavy atom. The van der Waals surface area contributed by atoms with E-state index < -0.39 is 0 Å². The third-order valence-corrected chi connectivity index (χ3v) is 2.81. The number of nitrogens with zero attached hydrogens (tertiary/aromatic N) is 1. The zero-order valence-corrected chi connectivity index (χ0v) is 11.2. The van der Waals surface area contributed by atoms with Crippen LogP contribution in [0.25, 0.3) is 11.3 Å². The van der Waals surface area contributed by atoms with E-state index in [9.17, 15) is 0 Å². The molecule has 0 amide bonds. The molecule has 0 aliphatic carbocycles. The van der Waals surface area contributed by atoms with Crippen LogP contribution in [0.2, 0.25) is 0 Å². The average Bonchev–Trinajstić information content (AvgIpc) is 2.52. The lowest BCUT2D eigenvalue weighted by molar-refractivity contribution is 1.41. The first-order valence-electron chi connectivity index (χ1n) is 3.72. The summed E-state index contributed by atoms with van der Waals surface area (Å²) in [5, 5.41) is 2.56. The fourth-order valence-corrected chi connectivity index (χ4v) is 2.04. The Hall–Kier alpha value is -0.390. The Kier molecular flexibility index (Phi) is 4.10. The maximum Gasteiger partial charge on any atom is 0.180 e. The second-order valence-corrected chi connectivity index (χ2v) is 4.39. The molecule has 5 heteroatoms. The molecule has 0 fully saturated rings. The summed E-state index contributed by atoms with van der Waals surface area (Å²) in [5.41, 5.74) is 7.57. The van der Waals surface area contributed by atoms with Gasteiger partial charge in [-0.2, -0.15) is 0 Å². The number of rotatable bonds is 1. The highest BCUT2D eigenvalue weighted by molar-refractivity contribution is 9.10. The maximum atomic E-state index is 5.55. The van der Waals surface area contributed by atoms with Crippen molar-refractivity contribution in [1.82, 2.24) is 4.98 Å². The van der Waals surface area contributed by atoms with Crippen molar-refractivity contribution in [2.24, 2.45) is 0 Å². The molecule has 0 bridgehead atoms. The predicted molar refractivity (Wildman–Crippen MR) is 70.0 cm³/mol. The number of thiazole rings is 1. The molecular weight excluding hydrogens is 328 g/mol. The van der Waals surface area contributed by atoms with Crippen molar-refractivity contribution in [3.8, 4) is 11.3 Å². The molecule has 0 saturated carbocycles. The molecule has 14 heavy (non-hydrogen) atoms. The molecule has 74 valence electrons. The van der Waals surface area contributed by atoms with E-state index in [0.717, 1.165) is 15.7 Å². The first kappa shape index (κ1) is 11.7. The normalized spacial score (nSPS) is 9.50. The van der Waals surface area contributed by atoms with Gasteiger partial charge in [0.1, 0.15) is 0 Å². The molecule has 1 heterocycles. The molecule has 2 rings (SSSR count). The molecule has 0 aliphatic rings. The van der Waals surface area contributed by atoms with E-state index >= 15 is 0 Å². The predicted octanol–water partition coefficient (Wildman–Crippen LogP) is 3.73. The second-order valence-electron chi connectivity index (χ2n) is 2.58. The van der Waals surface area contributed by atoms with Gasteiger partial charge in [0.25, 0.3) is 0 Å². The summed E-state index contributed by atoms with van der Waals surface area (Å²) in [7, 11) is 0. The van der Waals surface area contributed by atoms with Gasteiger partial charge in [0.05, 0.1) is 5.69 Å². The minimum absolute atomic E-state index is 0. The number of nitrogens with two attached hydrogens (primary N) is 1. The van der Waals surface area contributed by atoms with E-state index in [4.69, 9.17) is 5.73 Å². The number of aromatic nitrogens is 1. The van der Waals surface area contributed by atoms with Crippen LogP contribution >= 0.6 is 44.2 Å². The molecule has 2 aromatic rings. The highest BCUT2D eigenvalue weighted by atomic mass is 79.9. The number of hydrogen-bond donors (Lipinski definition) is 1. The second kappa shape index (κ2) is 4.91. The first-order chi connectivity index (χ1) is 6.25. The number of halogens is 2. The van der Waals surface area contributed by atoms with Gasteiger partial charge in [0.15, 0.2) is 5.13 Å². The topological polar surface area (TPSA) is 38.9 Å². The van der Waals surface area contributed by atoms with Crippen LogP contribution in [0, 0.1) is 0 Å². The summed E-state index contributed by atoms with van der Waals surface area (Å²) in [6.07, 6.45) is 0. The molecule has 1 aromatic heterocycles. The molecular formula is C9H8Br2N2S. The standard InChI is InChI=1S/C9H7BrN2S.BrH/c10-7-3-1-2-6(4-7)8-5-13-9(11)12-8;/h1-5H,(H2,11,12);1H. The van der Waals surface area contributed by atoms with Crippen molar-refractivity contribution >= 4 is 49.4 Å². The summed E-state index contributed by atoms with van der Waals surface area (Å²) in [6, 6.07) is 8.00. The van der Waals surface area contributed by atoms with Crippen molar-refractivity contribution in [2.75, 3.05) is 5.73 Å². The molecule has 2 nitrogen and oxygen atoms in total. The minimum Gasteiger partial charge on any atom is -0.375 e. The maximum absolute atomic E-state index is 5.55. The molecule has 0 atom stereocenters. The van der Waals surface area contributed by atoms with Gasteiger partial charge < -0.3 is 5.73 Å². The Morgan fingerprint density at radius 2 is 2.14 bits per heavy atom. The molecule has 0 radical (unpaired) electrons. The number of hydrogen-bond acceptors (Lipinski definition) is 3. The van der Waals surface area contributed by atoms with Gasteiger partial charge in [-0.3, -0.25) is 0 Å². The van der Waals surface area contributed by atoms with E-state index in [1.54, 1.807) is 0 Å². The summed E-state index contributed by atoms with van der Waals surface area (Å²) >= 11 is 4.87. The van der Waals surface area contributed by atoms with Crippen LogP contribution in [0.3, 0.4) is 0 Å². The highest BCUT2D eigenvalue weighted by Gasteiger charge is 2.01. The molecule has 0 spiro atoms. The van der Waals surface area contributed by atoms with E-state index in [1.807, 2.05) is 29.6 Å². The highest BCUT2D eigenvalue weighted by Crippen LogP contribution is 2.25. The summed E-state index contributed by atoms with van der Waals surface area (Å²) in [4.78, 5) is 4.20. The van der Waals surface area contributed by atoms with Crippen molar-refractivity contribution in [3.05, 3.63) is 34.1 Å². The van der Waals surface area contributed by atoms with Gasteiger partial charge >= 0.3 is 0 Å². The van der Waals surface area contributed by atoms with Gasteiger partial charge in [0, 0.05) is 15.4 Å². The van der Waals surface area contributed by atoms with E-state index in [2.05, 4.69) is 20.9 Å². The fourth-order valence-electron chi connectivity index (χ4n) is 1.07. The molecule has 0 saturated heterocycles. The third-order valence-electron chi connectivity index (χ3n) is 1.64. The van der Waals surface area contributed by atoms with Crippen molar-refractivity contribution in [1.29, 1.82) is 0 Å². The van der Waals surface area contributed by atoms with Crippen molar-refractivity contribution in [3.63, 3.8) is 0 Å². The lowest BCUT2D eigenvalue weighted by Gasteiger charge is -1.95. The van der Waals surface area contributed by atoms with E-state index in [1.165, 1.54) is 11.3 Å². The molecule has 0 unspecified atom stereocenters. The van der Waals surface area contributed by atoms with Crippen LogP contribution in [-0.2, 0) is 0 Å². The SMILES string of the molecule is Br.Nc1nc(-c2cccc(Br)c2)cs1. The van der Waals surface area contributed by atoms with Crippen LogP contribution in [-0.4, -0.2) is 4.98 Å². The van der Waals surface area contributed by atoms with Crippen molar-refractivity contribution < 1.29 is 0 Å². The van der Waals surface area contributed by atoms with Crippen LogP contribution in [0.15, 0.2) is 34.1 Å². The Balaban J connectivity index is 0.000000980. The molecule has 2 N–H and O–H groups in total. The van der Waals surface area contributed by atoms with Gasteiger partial charge in [-0.05, 0) is 12.1 Å². The molecule has 1 aromatic carbocycles. The third kappa shape index (κ3) is 2.56. The van der Waals surface area contributed by atoms with Crippen LogP contribution < -0.4 is 5.73 Å². The van der Waals surface area contributed by atoms with Gasteiger partial charge in [-0.25, -0.2) is 4.98 Å². The van der Waals surface area contributed by atoms with Gasteiger partial charge in [-0.1, -0.05) is 28.1 Å². The summed E-state index contributed by atoms with van der Waals surface area (Å²) in [6.45, 7) is 0. The van der Waals surface area contributed by atoms with Crippen LogP contribution in [0.4, 0.5) is 5.13 Å². The Labute approximate surface area is 105 Å². The van der Waals surface area contributed by atoms with Gasteiger partial charge in [-0.15, -0.1) is 28.3 Å². The van der Waals surface area contributed by atoms with Crippen LogP contribution in [0.1, 0.15) is 0 Å². The largest absolute Gasteiger partial charge is 0.375 e. The lowest BCUT2D eigenvalue weighted by atomic mass is 10.2. The molecule has 0 aliphatic heterocycles. The fraction of sp³-hybridized carbons (Fsp3) is 0. The quantitative estimate of drug-likeness (QED) is 0.862. The van der Waals surface area contributed by atoms with Gasteiger partial charge in [0.2, 0.25) is 0 Å². The zero-order valence-electron chi connectivity index (χ0n) is 7.11. The Bertz CT molecular complexity index is 428. The Morgan fingerprint density at radius 3 is 2.71 bits per heavy atom. The number of nitrogen functional groups attached to an aromatic ring is 1. The average molecular weight is 336 g/mol. The first-order valence-corrected chi connectivity index (χ1v) is 5.40. The minimum atomic E-state index is 0.